The van der Waals surface area contributed by atoms with Crippen molar-refractivity contribution >= 4 is 5.91 Å². The fraction of sp³-hybridized carbons (Fsp3) is 0.235. The minimum Gasteiger partial charge on any atom is -0.504 e. The molecule has 0 unspecified atom stereocenters. The van der Waals surface area contributed by atoms with Crippen molar-refractivity contribution in [2.45, 2.75) is 12.8 Å². The average molecular weight is 285 g/mol. The van der Waals surface area contributed by atoms with Gasteiger partial charge in [0.25, 0.3) is 5.91 Å². The molecule has 0 heterocycles. The first-order valence-electron chi connectivity index (χ1n) is 6.90. The summed E-state index contributed by atoms with van der Waals surface area (Å²) < 4.78 is 4.99. The number of carbonyl (C=O) groups is 1. The number of hydrogen-bond donors (Lipinski definition) is 2. The van der Waals surface area contributed by atoms with Gasteiger partial charge in [-0.1, -0.05) is 30.3 Å². The fourth-order valence-corrected chi connectivity index (χ4v) is 2.06. The van der Waals surface area contributed by atoms with Crippen LogP contribution in [0, 0.1) is 0 Å². The lowest BCUT2D eigenvalue weighted by atomic mass is 10.1. The van der Waals surface area contributed by atoms with E-state index in [2.05, 4.69) is 17.4 Å². The highest BCUT2D eigenvalue weighted by molar-refractivity contribution is 5.94. The number of rotatable bonds is 6. The van der Waals surface area contributed by atoms with E-state index >= 15 is 0 Å². The Labute approximate surface area is 124 Å². The second-order valence-corrected chi connectivity index (χ2v) is 4.73. The van der Waals surface area contributed by atoms with Crippen molar-refractivity contribution in [2.24, 2.45) is 0 Å². The first kappa shape index (κ1) is 14.9. The van der Waals surface area contributed by atoms with Crippen molar-refractivity contribution in [1.29, 1.82) is 0 Å². The molecule has 110 valence electrons. The number of ether oxygens (including phenoxy) is 1. The number of benzene rings is 2. The maximum atomic E-state index is 12.0. The number of hydrogen-bond acceptors (Lipinski definition) is 3. The Bertz CT molecular complexity index is 596. The zero-order valence-electron chi connectivity index (χ0n) is 12.0. The summed E-state index contributed by atoms with van der Waals surface area (Å²) in [7, 11) is 1.45. The molecule has 2 rings (SSSR count). The smallest absolute Gasteiger partial charge is 0.251 e. The molecule has 4 heteroatoms. The highest BCUT2D eigenvalue weighted by Gasteiger charge is 2.09. The zero-order chi connectivity index (χ0) is 15.1. The fourth-order valence-electron chi connectivity index (χ4n) is 2.06. The first-order valence-corrected chi connectivity index (χ1v) is 6.90. The monoisotopic (exact) mass is 285 g/mol. The van der Waals surface area contributed by atoms with Crippen LogP contribution < -0.4 is 10.1 Å². The van der Waals surface area contributed by atoms with Crippen molar-refractivity contribution in [2.75, 3.05) is 13.7 Å². The van der Waals surface area contributed by atoms with Crippen molar-refractivity contribution < 1.29 is 14.6 Å². The molecule has 0 fully saturated rings. The molecule has 1 amide bonds. The third kappa shape index (κ3) is 4.24. The highest BCUT2D eigenvalue weighted by atomic mass is 16.5. The molecule has 2 aromatic carbocycles. The summed E-state index contributed by atoms with van der Waals surface area (Å²) in [5.41, 5.74) is 1.74. The van der Waals surface area contributed by atoms with Crippen molar-refractivity contribution in [3.05, 3.63) is 59.7 Å². The largest absolute Gasteiger partial charge is 0.504 e. The van der Waals surface area contributed by atoms with Gasteiger partial charge in [0.15, 0.2) is 11.5 Å². The molecule has 2 aromatic rings. The van der Waals surface area contributed by atoms with E-state index in [1.807, 2.05) is 18.2 Å². The maximum Gasteiger partial charge on any atom is 0.251 e. The van der Waals surface area contributed by atoms with Crippen LogP contribution in [0.1, 0.15) is 22.3 Å². The van der Waals surface area contributed by atoms with Gasteiger partial charge in [0.2, 0.25) is 0 Å². The molecule has 0 radical (unpaired) electrons. The van der Waals surface area contributed by atoms with Gasteiger partial charge in [-0.25, -0.2) is 0 Å². The maximum absolute atomic E-state index is 12.0. The molecule has 0 aliphatic heterocycles. The van der Waals surface area contributed by atoms with Crippen molar-refractivity contribution in [1.82, 2.24) is 5.32 Å². The number of phenols is 1. The number of carbonyl (C=O) groups excluding carboxylic acids is 1. The van der Waals surface area contributed by atoms with Crippen LogP contribution in [-0.4, -0.2) is 24.7 Å². The summed E-state index contributed by atoms with van der Waals surface area (Å²) in [5, 5.41) is 12.4. The van der Waals surface area contributed by atoms with Gasteiger partial charge >= 0.3 is 0 Å². The van der Waals surface area contributed by atoms with E-state index in [0.29, 0.717) is 17.9 Å². The quantitative estimate of drug-likeness (QED) is 0.802. The Balaban J connectivity index is 1.82. The Morgan fingerprint density at radius 2 is 1.95 bits per heavy atom. The number of methoxy groups -OCH3 is 1. The van der Waals surface area contributed by atoms with Crippen LogP contribution in [0.15, 0.2) is 48.5 Å². The van der Waals surface area contributed by atoms with Crippen LogP contribution in [0.4, 0.5) is 0 Å². The van der Waals surface area contributed by atoms with E-state index in [-0.39, 0.29) is 11.7 Å². The number of aryl methyl sites for hydroxylation is 1. The first-order chi connectivity index (χ1) is 10.2. The number of nitrogens with one attached hydrogen (secondary N) is 1. The lowest BCUT2D eigenvalue weighted by Gasteiger charge is -2.08. The van der Waals surface area contributed by atoms with Gasteiger partial charge in [-0.2, -0.15) is 0 Å². The summed E-state index contributed by atoms with van der Waals surface area (Å²) in [6.45, 7) is 0.608. The zero-order valence-corrected chi connectivity index (χ0v) is 12.0. The topological polar surface area (TPSA) is 58.6 Å². The molecule has 4 nitrogen and oxygen atoms in total. The second-order valence-electron chi connectivity index (χ2n) is 4.73. The Kier molecular flexibility index (Phi) is 5.21. The highest BCUT2D eigenvalue weighted by Crippen LogP contribution is 2.26. The van der Waals surface area contributed by atoms with Gasteiger partial charge in [0, 0.05) is 12.1 Å². The van der Waals surface area contributed by atoms with Gasteiger partial charge in [-0.05, 0) is 36.6 Å². The Morgan fingerprint density at radius 3 is 2.67 bits per heavy atom. The number of aromatic hydroxyl groups is 1. The summed E-state index contributed by atoms with van der Waals surface area (Å²) >= 11 is 0. The second kappa shape index (κ2) is 7.33. The van der Waals surface area contributed by atoms with Gasteiger partial charge in [0.05, 0.1) is 7.11 Å². The van der Waals surface area contributed by atoms with Crippen LogP contribution in [0.5, 0.6) is 11.5 Å². The third-order valence-corrected chi connectivity index (χ3v) is 3.21. The molecule has 0 bridgehead atoms. The molecule has 0 aromatic heterocycles. The molecule has 0 aliphatic rings. The van der Waals surface area contributed by atoms with Gasteiger partial charge in [-0.3, -0.25) is 4.79 Å². The molecule has 0 saturated carbocycles. The van der Waals surface area contributed by atoms with Crippen LogP contribution in [-0.2, 0) is 6.42 Å². The van der Waals surface area contributed by atoms with E-state index in [9.17, 15) is 9.90 Å². The minimum atomic E-state index is -0.165. The van der Waals surface area contributed by atoms with Crippen LogP contribution in [0.2, 0.25) is 0 Å². The predicted octanol–water partition coefficient (Wildman–Crippen LogP) is 2.76. The van der Waals surface area contributed by atoms with E-state index in [0.717, 1.165) is 12.8 Å². The number of phenolic OH excluding ortho intramolecular Hbond substituents is 1. The molecule has 2 N–H and O–H groups in total. The van der Waals surface area contributed by atoms with E-state index in [1.54, 1.807) is 6.07 Å². The standard InChI is InChI=1S/C17H19NO3/c1-21-16-12-14(9-10-15(16)19)17(20)18-11-5-8-13-6-3-2-4-7-13/h2-4,6-7,9-10,12,19H,5,8,11H2,1H3,(H,18,20). The summed E-state index contributed by atoms with van der Waals surface area (Å²) in [5.74, 6) is 0.159. The van der Waals surface area contributed by atoms with E-state index in [1.165, 1.54) is 24.8 Å². The molecular weight excluding hydrogens is 266 g/mol. The molecular formula is C17H19NO3. The van der Waals surface area contributed by atoms with E-state index < -0.39 is 0 Å². The van der Waals surface area contributed by atoms with Crippen LogP contribution in [0.3, 0.4) is 0 Å². The summed E-state index contributed by atoms with van der Waals surface area (Å²) in [6.07, 6.45) is 1.81. The van der Waals surface area contributed by atoms with Crippen LogP contribution >= 0.6 is 0 Å². The summed E-state index contributed by atoms with van der Waals surface area (Å²) in [4.78, 5) is 12.0. The molecule has 0 spiro atoms. The Morgan fingerprint density at radius 1 is 1.19 bits per heavy atom. The third-order valence-electron chi connectivity index (χ3n) is 3.21. The molecule has 21 heavy (non-hydrogen) atoms. The normalized spacial score (nSPS) is 10.1. The SMILES string of the molecule is COc1cc(C(=O)NCCCc2ccccc2)ccc1O. The molecule has 0 aliphatic carbocycles. The lowest BCUT2D eigenvalue weighted by molar-refractivity contribution is 0.0953. The molecule has 0 atom stereocenters. The minimum absolute atomic E-state index is 0.0260. The lowest BCUT2D eigenvalue weighted by Crippen LogP contribution is -2.24. The molecule has 0 saturated heterocycles. The van der Waals surface area contributed by atoms with E-state index in [4.69, 9.17) is 4.74 Å². The van der Waals surface area contributed by atoms with Crippen LogP contribution in [0.25, 0.3) is 0 Å². The summed E-state index contributed by atoms with van der Waals surface area (Å²) in [6, 6.07) is 14.7. The number of amides is 1. The average Bonchev–Trinajstić information content (AvgIpc) is 2.53. The van der Waals surface area contributed by atoms with Crippen molar-refractivity contribution in [3.8, 4) is 11.5 Å². The van der Waals surface area contributed by atoms with Gasteiger partial charge in [-0.15, -0.1) is 0 Å². The Hall–Kier alpha value is -2.49. The van der Waals surface area contributed by atoms with Gasteiger partial charge < -0.3 is 15.2 Å². The predicted molar refractivity (Wildman–Crippen MR) is 81.8 cm³/mol. The van der Waals surface area contributed by atoms with Gasteiger partial charge in [0.1, 0.15) is 0 Å². The van der Waals surface area contributed by atoms with Crippen molar-refractivity contribution in [3.63, 3.8) is 0 Å².